The van der Waals surface area contributed by atoms with Gasteiger partial charge in [-0.2, -0.15) is 0 Å². The van der Waals surface area contributed by atoms with Crippen molar-refractivity contribution in [3.05, 3.63) is 0 Å². The van der Waals surface area contributed by atoms with E-state index in [9.17, 15) is 9.73 Å². The van der Waals surface area contributed by atoms with Crippen LogP contribution in [0.15, 0.2) is 0 Å². The molecule has 0 radical (unpaired) electrons. The van der Waals surface area contributed by atoms with Gasteiger partial charge in [0.2, 0.25) is 0 Å². The fourth-order valence-corrected chi connectivity index (χ4v) is 2.19. The normalized spacial score (nSPS) is 24.0. The van der Waals surface area contributed by atoms with Crippen LogP contribution in [0.5, 0.6) is 0 Å². The van der Waals surface area contributed by atoms with Crippen LogP contribution in [0.3, 0.4) is 0 Å². The maximum absolute atomic E-state index is 10.6. The van der Waals surface area contributed by atoms with Crippen LogP contribution in [-0.4, -0.2) is 68.3 Å². The quantitative estimate of drug-likeness (QED) is 0.412. The Labute approximate surface area is 125 Å². The average Bonchev–Trinajstić information content (AvgIpc) is 2.38. The van der Waals surface area contributed by atoms with E-state index in [1.165, 1.54) is 36.8 Å². The predicted octanol–water partition coefficient (Wildman–Crippen LogP) is -2.38. The number of hydrogen-bond acceptors (Lipinski definition) is 8. The molecule has 21 heavy (non-hydrogen) atoms. The first-order chi connectivity index (χ1) is 9.98. The van der Waals surface area contributed by atoms with Gasteiger partial charge in [0.05, 0.1) is 27.2 Å². The van der Waals surface area contributed by atoms with Crippen LogP contribution in [-0.2, 0) is 32.1 Å². The van der Waals surface area contributed by atoms with Gasteiger partial charge in [0.1, 0.15) is 0 Å². The Morgan fingerprint density at radius 3 is 2.00 bits per heavy atom. The van der Waals surface area contributed by atoms with Crippen LogP contribution in [0.1, 0.15) is 19.3 Å². The summed E-state index contributed by atoms with van der Waals surface area (Å²) in [5.74, 6) is 0. The molecular weight excluding hydrogens is 280 g/mol. The molecule has 0 saturated carbocycles. The molecule has 0 amide bonds. The second-order valence-electron chi connectivity index (χ2n) is 5.51. The van der Waals surface area contributed by atoms with Gasteiger partial charge in [-0.1, -0.05) is 0 Å². The van der Waals surface area contributed by atoms with Gasteiger partial charge in [-0.05, 0) is 19.3 Å². The molecule has 0 aromatic rings. The number of likely N-dealkylation sites (tertiary alicyclic amines) is 1. The molecule has 3 saturated heterocycles. The van der Waals surface area contributed by atoms with E-state index in [1.54, 1.807) is 0 Å². The molecular formula is C7H16B5NO8. The molecule has 112 valence electrons. The molecule has 3 heterocycles. The second kappa shape index (κ2) is 7.77. The number of nitrogens with zero attached hydrogens (tertiary/aromatic N) is 1. The Hall–Kier alpha value is -0.355. The van der Waals surface area contributed by atoms with Crippen LogP contribution in [0.2, 0.25) is 0 Å². The number of quaternary nitrogens is 1. The number of fused-ring (bicyclic) bond motifs is 2. The van der Waals surface area contributed by atoms with E-state index >= 15 is 0 Å². The topological polar surface area (TPSA) is 95.5 Å². The van der Waals surface area contributed by atoms with E-state index in [0.29, 0.717) is 0 Å². The molecule has 0 aromatic carbocycles. The summed E-state index contributed by atoms with van der Waals surface area (Å²) in [5, 5.41) is 10.6. The Kier molecular flexibility index (Phi) is 6.29. The van der Waals surface area contributed by atoms with Crippen LogP contribution >= 0.6 is 0 Å². The van der Waals surface area contributed by atoms with Crippen molar-refractivity contribution >= 4 is 36.6 Å². The molecule has 3 fully saturated rings. The van der Waals surface area contributed by atoms with Crippen LogP contribution in [0.25, 0.3) is 0 Å². The molecule has 3 aliphatic rings. The van der Waals surface area contributed by atoms with E-state index in [-0.39, 0.29) is 7.35 Å². The molecule has 0 aromatic heterocycles. The molecule has 0 N–H and O–H groups in total. The zero-order valence-electron chi connectivity index (χ0n) is 12.1. The third-order valence-electron chi connectivity index (χ3n) is 3.30. The van der Waals surface area contributed by atoms with Gasteiger partial charge in [-0.3, -0.25) is 0 Å². The van der Waals surface area contributed by atoms with Crippen molar-refractivity contribution in [1.29, 1.82) is 0 Å². The van der Waals surface area contributed by atoms with E-state index < -0.39 is 29.3 Å². The summed E-state index contributed by atoms with van der Waals surface area (Å²) < 4.78 is 38.3. The summed E-state index contributed by atoms with van der Waals surface area (Å²) in [6, 6.07) is 0. The molecule has 0 spiro atoms. The Morgan fingerprint density at radius 2 is 1.57 bits per heavy atom. The number of piperidine rings is 1. The standard InChI is InChI=1S/C7H16N.B5O8/c1-8(2)6-4-3-5-7-8;6-1-8-3-11-4-9-2(7)10-5(12-3)13-4/h3-7H2,1-2H3;/q+1;-1. The summed E-state index contributed by atoms with van der Waals surface area (Å²) in [4.78, 5) is 0. The minimum absolute atomic E-state index is 0.125. The third kappa shape index (κ3) is 5.74. The van der Waals surface area contributed by atoms with Gasteiger partial charge >= 0.3 is 73.8 Å². The molecule has 14 heteroatoms. The van der Waals surface area contributed by atoms with Crippen LogP contribution < -0.4 is 5.02 Å². The summed E-state index contributed by atoms with van der Waals surface area (Å²) in [6.45, 7) is 2.78. The maximum atomic E-state index is 10.6. The van der Waals surface area contributed by atoms with Crippen molar-refractivity contribution in [2.24, 2.45) is 0 Å². The van der Waals surface area contributed by atoms with Gasteiger partial charge in [0.15, 0.2) is 0 Å². The predicted molar refractivity (Wildman–Crippen MR) is 71.7 cm³/mol. The van der Waals surface area contributed by atoms with Gasteiger partial charge in [-0.25, -0.2) is 0 Å². The van der Waals surface area contributed by atoms with E-state index in [1.807, 2.05) is 0 Å². The molecule has 3 aliphatic heterocycles. The molecule has 3 rings (SSSR count). The summed E-state index contributed by atoms with van der Waals surface area (Å²) in [6.07, 6.45) is 4.34. The number of rotatable bonds is 2. The second-order valence-corrected chi connectivity index (χ2v) is 5.51. The first-order valence-corrected chi connectivity index (χ1v) is 6.83. The zero-order valence-corrected chi connectivity index (χ0v) is 12.1. The Morgan fingerprint density at radius 1 is 1.00 bits per heavy atom. The Bertz CT molecular complexity index is 325. The molecule has 9 nitrogen and oxygen atoms in total. The van der Waals surface area contributed by atoms with Crippen LogP contribution in [0, 0.1) is 0 Å². The van der Waals surface area contributed by atoms with Crippen molar-refractivity contribution < 1.29 is 41.6 Å². The van der Waals surface area contributed by atoms with Gasteiger partial charge < -0.3 is 4.48 Å². The van der Waals surface area contributed by atoms with Gasteiger partial charge in [0, 0.05) is 0 Å². The van der Waals surface area contributed by atoms with Crippen molar-refractivity contribution in [3.63, 3.8) is 0 Å². The fraction of sp³-hybridized carbons (Fsp3) is 1.00. The summed E-state index contributed by atoms with van der Waals surface area (Å²) in [7, 11) is -0.729. The summed E-state index contributed by atoms with van der Waals surface area (Å²) in [5.41, 5.74) is 0. The zero-order chi connectivity index (χ0) is 15.3. The number of hydrogen-bond donors (Lipinski definition) is 0. The van der Waals surface area contributed by atoms with Crippen molar-refractivity contribution in [3.8, 4) is 0 Å². The van der Waals surface area contributed by atoms with Gasteiger partial charge in [-0.15, -0.1) is 0 Å². The molecule has 0 unspecified atom stereocenters. The first kappa shape index (κ1) is 17.0. The van der Waals surface area contributed by atoms with Crippen molar-refractivity contribution in [2.75, 3.05) is 27.2 Å². The van der Waals surface area contributed by atoms with Crippen LogP contribution in [0.4, 0.5) is 0 Å². The molecule has 2 bridgehead atoms. The summed E-state index contributed by atoms with van der Waals surface area (Å²) >= 11 is 0. The van der Waals surface area contributed by atoms with E-state index in [0.717, 1.165) is 0 Å². The molecule has 0 atom stereocenters. The van der Waals surface area contributed by atoms with E-state index in [4.69, 9.17) is 0 Å². The Balaban J connectivity index is 0.000000173. The van der Waals surface area contributed by atoms with Crippen molar-refractivity contribution in [1.82, 2.24) is 0 Å². The molecule has 0 aliphatic carbocycles. The first-order valence-electron chi connectivity index (χ1n) is 6.83. The minimum atomic E-state index is -1.74. The fourth-order valence-electron chi connectivity index (χ4n) is 2.19. The SMILES string of the molecule is C[N+]1(C)CCCCC1.O=BOB1OB2OB([O-])OB(O1)O2. The monoisotopic (exact) mass is 297 g/mol. The van der Waals surface area contributed by atoms with E-state index in [2.05, 4.69) is 41.5 Å². The third-order valence-corrected chi connectivity index (χ3v) is 3.30. The van der Waals surface area contributed by atoms with Gasteiger partial charge in [0.25, 0.3) is 0 Å². The van der Waals surface area contributed by atoms with Crippen molar-refractivity contribution in [2.45, 2.75) is 19.3 Å². The average molecular weight is 296 g/mol.